The molecule has 1 aliphatic heterocycles. The normalized spacial score (nSPS) is 14.7. The second-order valence-electron chi connectivity index (χ2n) is 4.66. The molecule has 0 amide bonds. The number of ether oxygens (including phenoxy) is 2. The Kier molecular flexibility index (Phi) is 5.57. The molecule has 0 aromatic heterocycles. The number of rotatable bonds is 6. The summed E-state index contributed by atoms with van der Waals surface area (Å²) < 4.78 is 11.2. The van der Waals surface area contributed by atoms with Crippen LogP contribution in [0.4, 0.5) is 0 Å². The highest BCUT2D eigenvalue weighted by atomic mass is 32.2. The van der Waals surface area contributed by atoms with Crippen molar-refractivity contribution in [2.24, 2.45) is 0 Å². The Balaban J connectivity index is 2.12. The second-order valence-corrected chi connectivity index (χ2v) is 5.50. The van der Waals surface area contributed by atoms with Crippen LogP contribution in [0.3, 0.4) is 0 Å². The molecule has 4 nitrogen and oxygen atoms in total. The summed E-state index contributed by atoms with van der Waals surface area (Å²) in [4.78, 5) is 1.19. The number of hydrogen-bond donors (Lipinski definition) is 1. The molecule has 2 rings (SSSR count). The van der Waals surface area contributed by atoms with Gasteiger partial charge in [-0.2, -0.15) is 5.26 Å². The summed E-state index contributed by atoms with van der Waals surface area (Å²) in [5, 5.41) is 12.2. The van der Waals surface area contributed by atoms with Crippen LogP contribution in [0.1, 0.15) is 25.3 Å². The summed E-state index contributed by atoms with van der Waals surface area (Å²) in [5.41, 5.74) is 1.19. The zero-order valence-electron chi connectivity index (χ0n) is 11.9. The first kappa shape index (κ1) is 15.0. The van der Waals surface area contributed by atoms with E-state index in [9.17, 15) is 0 Å². The van der Waals surface area contributed by atoms with Gasteiger partial charge in [-0.05, 0) is 30.4 Å². The Morgan fingerprint density at radius 3 is 2.65 bits per heavy atom. The average molecular weight is 292 g/mol. The van der Waals surface area contributed by atoms with Crippen molar-refractivity contribution < 1.29 is 9.47 Å². The van der Waals surface area contributed by atoms with Gasteiger partial charge in [0.2, 0.25) is 0 Å². The summed E-state index contributed by atoms with van der Waals surface area (Å²) in [6, 6.07) is 6.55. The van der Waals surface area contributed by atoms with Crippen LogP contribution < -0.4 is 14.8 Å². The Hall–Kier alpha value is -1.38. The van der Waals surface area contributed by atoms with Gasteiger partial charge in [-0.1, -0.05) is 6.92 Å². The van der Waals surface area contributed by atoms with Crippen LogP contribution in [0.2, 0.25) is 0 Å². The van der Waals surface area contributed by atoms with Gasteiger partial charge in [0, 0.05) is 17.5 Å². The van der Waals surface area contributed by atoms with Crippen molar-refractivity contribution >= 4 is 11.8 Å². The fourth-order valence-corrected chi connectivity index (χ4v) is 2.78. The number of benzene rings is 1. The van der Waals surface area contributed by atoms with E-state index in [-0.39, 0.29) is 6.04 Å². The van der Waals surface area contributed by atoms with Crippen molar-refractivity contribution in [1.82, 2.24) is 5.32 Å². The molecule has 20 heavy (non-hydrogen) atoms. The molecule has 0 aliphatic carbocycles. The zero-order chi connectivity index (χ0) is 14.4. The number of fused-ring (bicyclic) bond motifs is 1. The highest BCUT2D eigenvalue weighted by molar-refractivity contribution is 7.98. The van der Waals surface area contributed by atoms with E-state index in [4.69, 9.17) is 14.7 Å². The molecule has 1 unspecified atom stereocenters. The fourth-order valence-electron chi connectivity index (χ4n) is 2.17. The Labute approximate surface area is 124 Å². The lowest BCUT2D eigenvalue weighted by molar-refractivity contribution is 0.171. The Bertz CT molecular complexity index is 499. The van der Waals surface area contributed by atoms with Gasteiger partial charge in [0.15, 0.2) is 11.5 Å². The molecule has 1 atom stereocenters. The molecule has 1 aliphatic rings. The minimum Gasteiger partial charge on any atom is -0.486 e. The number of nitrogens with one attached hydrogen (secondary N) is 1. The van der Waals surface area contributed by atoms with Crippen molar-refractivity contribution in [3.63, 3.8) is 0 Å². The zero-order valence-corrected chi connectivity index (χ0v) is 12.8. The molecule has 0 saturated heterocycles. The van der Waals surface area contributed by atoms with Crippen LogP contribution in [0.5, 0.6) is 11.5 Å². The molecule has 1 aromatic carbocycles. The van der Waals surface area contributed by atoms with Crippen LogP contribution >= 0.6 is 11.8 Å². The second kappa shape index (κ2) is 7.41. The van der Waals surface area contributed by atoms with Gasteiger partial charge < -0.3 is 14.8 Å². The monoisotopic (exact) mass is 292 g/mol. The molecular formula is C15H20N2O2S. The van der Waals surface area contributed by atoms with Crippen molar-refractivity contribution in [3.05, 3.63) is 17.7 Å². The average Bonchev–Trinajstić information content (AvgIpc) is 2.50. The van der Waals surface area contributed by atoms with Gasteiger partial charge in [-0.25, -0.2) is 0 Å². The fraction of sp³-hybridized carbons (Fsp3) is 0.533. The van der Waals surface area contributed by atoms with E-state index >= 15 is 0 Å². The highest BCUT2D eigenvalue weighted by Gasteiger charge is 2.16. The molecule has 0 radical (unpaired) electrons. The standard InChI is InChI=1S/C15H20N2O2S/c1-3-12(4-5-16)17-10-11-8-13-14(9-15(11)20-2)19-7-6-18-13/h8-9,12,17H,3-4,6-7,10H2,1-2H3. The van der Waals surface area contributed by atoms with Gasteiger partial charge in [0.1, 0.15) is 13.2 Å². The first-order valence-electron chi connectivity index (χ1n) is 6.85. The lowest BCUT2D eigenvalue weighted by Gasteiger charge is -2.21. The van der Waals surface area contributed by atoms with Crippen LogP contribution in [-0.2, 0) is 6.54 Å². The molecule has 0 bridgehead atoms. The third-order valence-corrected chi connectivity index (χ3v) is 4.18. The third-order valence-electron chi connectivity index (χ3n) is 3.36. The molecule has 1 aromatic rings. The SMILES string of the molecule is CCC(CC#N)NCc1cc2c(cc1SC)OCCO2. The Morgan fingerprint density at radius 1 is 1.35 bits per heavy atom. The largest absolute Gasteiger partial charge is 0.486 e. The molecule has 0 spiro atoms. The van der Waals surface area contributed by atoms with Crippen LogP contribution in [0.25, 0.3) is 0 Å². The number of hydrogen-bond acceptors (Lipinski definition) is 5. The van der Waals surface area contributed by atoms with E-state index in [1.807, 2.05) is 12.1 Å². The maximum absolute atomic E-state index is 8.79. The first-order chi connectivity index (χ1) is 9.78. The van der Waals surface area contributed by atoms with Gasteiger partial charge in [-0.15, -0.1) is 11.8 Å². The van der Waals surface area contributed by atoms with Crippen molar-refractivity contribution in [2.45, 2.75) is 37.2 Å². The molecule has 0 saturated carbocycles. The summed E-state index contributed by atoms with van der Waals surface area (Å²) in [6.07, 6.45) is 3.55. The number of nitrogens with zero attached hydrogens (tertiary/aromatic N) is 1. The van der Waals surface area contributed by atoms with Crippen LogP contribution in [-0.4, -0.2) is 25.5 Å². The minimum atomic E-state index is 0.239. The minimum absolute atomic E-state index is 0.239. The predicted octanol–water partition coefficient (Wildman–Crippen LogP) is 2.96. The molecule has 1 heterocycles. The number of nitriles is 1. The van der Waals surface area contributed by atoms with Crippen molar-refractivity contribution in [1.29, 1.82) is 5.26 Å². The summed E-state index contributed by atoms with van der Waals surface area (Å²) in [5.74, 6) is 1.65. The van der Waals surface area contributed by atoms with Gasteiger partial charge in [0.25, 0.3) is 0 Å². The van der Waals surface area contributed by atoms with Gasteiger partial charge >= 0.3 is 0 Å². The van der Waals surface area contributed by atoms with E-state index < -0.39 is 0 Å². The molecule has 5 heteroatoms. The quantitative estimate of drug-likeness (QED) is 0.817. The summed E-state index contributed by atoms with van der Waals surface area (Å²) in [6.45, 7) is 4.05. The van der Waals surface area contributed by atoms with Gasteiger partial charge in [-0.3, -0.25) is 0 Å². The van der Waals surface area contributed by atoms with Crippen LogP contribution in [0, 0.1) is 11.3 Å². The topological polar surface area (TPSA) is 54.3 Å². The summed E-state index contributed by atoms with van der Waals surface area (Å²) in [7, 11) is 0. The molecule has 108 valence electrons. The Morgan fingerprint density at radius 2 is 2.05 bits per heavy atom. The lowest BCUT2D eigenvalue weighted by Crippen LogP contribution is -2.27. The maximum atomic E-state index is 8.79. The number of thioether (sulfide) groups is 1. The molecule has 1 N–H and O–H groups in total. The van der Waals surface area contributed by atoms with E-state index in [2.05, 4.69) is 24.6 Å². The smallest absolute Gasteiger partial charge is 0.162 e. The van der Waals surface area contributed by atoms with Crippen molar-refractivity contribution in [3.8, 4) is 17.6 Å². The van der Waals surface area contributed by atoms with E-state index in [0.717, 1.165) is 24.5 Å². The third kappa shape index (κ3) is 3.59. The van der Waals surface area contributed by atoms with Crippen molar-refractivity contribution in [2.75, 3.05) is 19.5 Å². The van der Waals surface area contributed by atoms with Gasteiger partial charge in [0.05, 0.1) is 12.5 Å². The highest BCUT2D eigenvalue weighted by Crippen LogP contribution is 2.36. The predicted molar refractivity (Wildman–Crippen MR) is 80.4 cm³/mol. The van der Waals surface area contributed by atoms with E-state index in [1.165, 1.54) is 10.5 Å². The molecule has 0 fully saturated rings. The first-order valence-corrected chi connectivity index (χ1v) is 8.07. The lowest BCUT2D eigenvalue weighted by atomic mass is 10.1. The van der Waals surface area contributed by atoms with E-state index in [1.54, 1.807) is 11.8 Å². The summed E-state index contributed by atoms with van der Waals surface area (Å²) >= 11 is 1.70. The molecular weight excluding hydrogens is 272 g/mol. The maximum Gasteiger partial charge on any atom is 0.162 e. The van der Waals surface area contributed by atoms with Crippen LogP contribution in [0.15, 0.2) is 17.0 Å². The van der Waals surface area contributed by atoms with E-state index in [0.29, 0.717) is 19.6 Å².